The molecule has 1 atom stereocenters. The molecular formula is C21H21N5O. The number of nitrogens with one attached hydrogen (secondary N) is 1. The van der Waals surface area contributed by atoms with Gasteiger partial charge in [0.25, 0.3) is 0 Å². The number of hydrogen-bond donors (Lipinski definition) is 1. The highest BCUT2D eigenvalue weighted by atomic mass is 16.5. The fourth-order valence-corrected chi connectivity index (χ4v) is 3.17. The summed E-state index contributed by atoms with van der Waals surface area (Å²) in [5.41, 5.74) is 3.06. The van der Waals surface area contributed by atoms with Crippen molar-refractivity contribution in [2.24, 2.45) is 0 Å². The Morgan fingerprint density at radius 1 is 1.04 bits per heavy atom. The summed E-state index contributed by atoms with van der Waals surface area (Å²) in [4.78, 5) is 13.5. The van der Waals surface area contributed by atoms with E-state index in [1.54, 1.807) is 6.33 Å². The van der Waals surface area contributed by atoms with Crippen molar-refractivity contribution >= 4 is 16.7 Å². The molecular weight excluding hydrogens is 338 g/mol. The SMILES string of the molecule is CCCc1nc(C(Nc2ncnc3cccc(C)c23)c2ccccc2)no1. The van der Waals surface area contributed by atoms with Crippen LogP contribution in [0.4, 0.5) is 5.82 Å². The lowest BCUT2D eigenvalue weighted by Crippen LogP contribution is -2.15. The number of benzene rings is 2. The van der Waals surface area contributed by atoms with E-state index in [1.165, 1.54) is 0 Å². The Bertz CT molecular complexity index is 1040. The summed E-state index contributed by atoms with van der Waals surface area (Å²) in [6.45, 7) is 4.15. The first kappa shape index (κ1) is 17.1. The van der Waals surface area contributed by atoms with Crippen LogP contribution in [0, 0.1) is 6.92 Å². The van der Waals surface area contributed by atoms with Gasteiger partial charge in [-0.1, -0.05) is 54.5 Å². The van der Waals surface area contributed by atoms with Gasteiger partial charge in [-0.15, -0.1) is 0 Å². The van der Waals surface area contributed by atoms with Crippen molar-refractivity contribution in [3.05, 3.63) is 77.7 Å². The lowest BCUT2D eigenvalue weighted by molar-refractivity contribution is 0.371. The number of anilines is 1. The third-order valence-electron chi connectivity index (χ3n) is 4.49. The molecule has 0 bridgehead atoms. The molecule has 0 amide bonds. The van der Waals surface area contributed by atoms with Crippen molar-refractivity contribution in [1.82, 2.24) is 20.1 Å². The topological polar surface area (TPSA) is 76.7 Å². The molecule has 4 aromatic rings. The van der Waals surface area contributed by atoms with Crippen LogP contribution in [0.25, 0.3) is 10.9 Å². The molecule has 1 unspecified atom stereocenters. The van der Waals surface area contributed by atoms with Crippen LogP contribution in [0.15, 0.2) is 59.4 Å². The first-order chi connectivity index (χ1) is 13.3. The Balaban J connectivity index is 1.78. The second-order valence-corrected chi connectivity index (χ2v) is 6.48. The van der Waals surface area contributed by atoms with Gasteiger partial charge in [-0.25, -0.2) is 9.97 Å². The molecule has 0 aliphatic rings. The Morgan fingerprint density at radius 2 is 1.89 bits per heavy atom. The van der Waals surface area contributed by atoms with E-state index in [-0.39, 0.29) is 6.04 Å². The molecule has 2 aromatic heterocycles. The number of rotatable bonds is 6. The molecule has 0 saturated carbocycles. The van der Waals surface area contributed by atoms with Gasteiger partial charge in [0, 0.05) is 11.8 Å². The van der Waals surface area contributed by atoms with E-state index in [0.717, 1.165) is 40.7 Å². The average Bonchev–Trinajstić information content (AvgIpc) is 3.15. The van der Waals surface area contributed by atoms with Crippen molar-refractivity contribution in [1.29, 1.82) is 0 Å². The maximum Gasteiger partial charge on any atom is 0.226 e. The van der Waals surface area contributed by atoms with E-state index in [4.69, 9.17) is 4.52 Å². The molecule has 0 fully saturated rings. The summed E-state index contributed by atoms with van der Waals surface area (Å²) < 4.78 is 5.42. The van der Waals surface area contributed by atoms with Crippen molar-refractivity contribution in [2.45, 2.75) is 32.7 Å². The molecule has 2 heterocycles. The smallest absolute Gasteiger partial charge is 0.226 e. The zero-order valence-electron chi connectivity index (χ0n) is 15.4. The molecule has 1 N–H and O–H groups in total. The second-order valence-electron chi connectivity index (χ2n) is 6.48. The van der Waals surface area contributed by atoms with E-state index in [0.29, 0.717) is 11.7 Å². The lowest BCUT2D eigenvalue weighted by Gasteiger charge is -2.18. The largest absolute Gasteiger partial charge is 0.355 e. The molecule has 136 valence electrons. The Labute approximate surface area is 157 Å². The number of aryl methyl sites for hydroxylation is 2. The van der Waals surface area contributed by atoms with E-state index >= 15 is 0 Å². The highest BCUT2D eigenvalue weighted by Crippen LogP contribution is 2.29. The van der Waals surface area contributed by atoms with Crippen LogP contribution in [0.2, 0.25) is 0 Å². The van der Waals surface area contributed by atoms with Crippen LogP contribution in [0.5, 0.6) is 0 Å². The van der Waals surface area contributed by atoms with Gasteiger partial charge in [0.1, 0.15) is 18.2 Å². The van der Waals surface area contributed by atoms with Crippen molar-refractivity contribution in [3.63, 3.8) is 0 Å². The van der Waals surface area contributed by atoms with Crippen LogP contribution in [-0.2, 0) is 6.42 Å². The van der Waals surface area contributed by atoms with E-state index in [2.05, 4.69) is 45.3 Å². The minimum absolute atomic E-state index is 0.265. The van der Waals surface area contributed by atoms with Gasteiger partial charge in [-0.2, -0.15) is 4.98 Å². The van der Waals surface area contributed by atoms with Crippen LogP contribution >= 0.6 is 0 Å². The van der Waals surface area contributed by atoms with E-state index in [9.17, 15) is 0 Å². The minimum atomic E-state index is -0.265. The maximum atomic E-state index is 5.42. The van der Waals surface area contributed by atoms with Gasteiger partial charge in [-0.05, 0) is 30.5 Å². The van der Waals surface area contributed by atoms with E-state index in [1.807, 2.05) is 42.5 Å². The summed E-state index contributed by atoms with van der Waals surface area (Å²) in [7, 11) is 0. The van der Waals surface area contributed by atoms with Crippen molar-refractivity contribution < 1.29 is 4.52 Å². The molecule has 0 radical (unpaired) electrons. The van der Waals surface area contributed by atoms with Gasteiger partial charge in [0.2, 0.25) is 5.89 Å². The molecule has 2 aromatic carbocycles. The standard InChI is InChI=1S/C21H21N5O/c1-3-8-17-24-21(26-27-17)19(15-10-5-4-6-11-15)25-20-18-14(2)9-7-12-16(18)22-13-23-20/h4-7,9-13,19H,3,8H2,1-2H3,(H,22,23,25). The average molecular weight is 359 g/mol. The Morgan fingerprint density at radius 3 is 2.70 bits per heavy atom. The molecule has 0 spiro atoms. The number of fused-ring (bicyclic) bond motifs is 1. The number of aromatic nitrogens is 4. The molecule has 0 aliphatic heterocycles. The fourth-order valence-electron chi connectivity index (χ4n) is 3.17. The number of hydrogen-bond acceptors (Lipinski definition) is 6. The monoisotopic (exact) mass is 359 g/mol. The lowest BCUT2D eigenvalue weighted by atomic mass is 10.1. The van der Waals surface area contributed by atoms with Crippen LogP contribution in [-0.4, -0.2) is 20.1 Å². The van der Waals surface area contributed by atoms with Gasteiger partial charge >= 0.3 is 0 Å². The molecule has 27 heavy (non-hydrogen) atoms. The molecule has 6 nitrogen and oxygen atoms in total. The zero-order chi connectivity index (χ0) is 18.6. The predicted octanol–water partition coefficient (Wildman–Crippen LogP) is 4.48. The van der Waals surface area contributed by atoms with Gasteiger partial charge < -0.3 is 9.84 Å². The third kappa shape index (κ3) is 3.51. The minimum Gasteiger partial charge on any atom is -0.355 e. The summed E-state index contributed by atoms with van der Waals surface area (Å²) in [6, 6.07) is 15.9. The highest BCUT2D eigenvalue weighted by Gasteiger charge is 2.22. The van der Waals surface area contributed by atoms with Gasteiger partial charge in [-0.3, -0.25) is 0 Å². The first-order valence-corrected chi connectivity index (χ1v) is 9.10. The normalized spacial score (nSPS) is 12.2. The van der Waals surface area contributed by atoms with Crippen LogP contribution in [0.3, 0.4) is 0 Å². The van der Waals surface area contributed by atoms with Crippen LogP contribution < -0.4 is 5.32 Å². The zero-order valence-corrected chi connectivity index (χ0v) is 15.4. The summed E-state index contributed by atoms with van der Waals surface area (Å²) in [5, 5.41) is 8.73. The van der Waals surface area contributed by atoms with Crippen molar-refractivity contribution in [3.8, 4) is 0 Å². The molecule has 4 rings (SSSR count). The number of nitrogens with zero attached hydrogens (tertiary/aromatic N) is 4. The van der Waals surface area contributed by atoms with Crippen molar-refractivity contribution in [2.75, 3.05) is 5.32 Å². The third-order valence-corrected chi connectivity index (χ3v) is 4.49. The maximum absolute atomic E-state index is 5.42. The Hall–Kier alpha value is -3.28. The quantitative estimate of drug-likeness (QED) is 0.547. The molecule has 0 saturated heterocycles. The molecule has 6 heteroatoms. The van der Waals surface area contributed by atoms with Crippen LogP contribution in [0.1, 0.15) is 42.2 Å². The summed E-state index contributed by atoms with van der Waals surface area (Å²) in [5.74, 6) is 2.01. The van der Waals surface area contributed by atoms with Gasteiger partial charge in [0.05, 0.1) is 5.52 Å². The fraction of sp³-hybridized carbons (Fsp3) is 0.238. The predicted molar refractivity (Wildman–Crippen MR) is 104 cm³/mol. The Kier molecular flexibility index (Phi) is 4.78. The second kappa shape index (κ2) is 7.53. The van der Waals surface area contributed by atoms with Gasteiger partial charge in [0.15, 0.2) is 5.82 Å². The van der Waals surface area contributed by atoms with E-state index < -0.39 is 0 Å². The summed E-state index contributed by atoms with van der Waals surface area (Å²) >= 11 is 0. The summed E-state index contributed by atoms with van der Waals surface area (Å²) in [6.07, 6.45) is 3.30. The molecule has 0 aliphatic carbocycles. The first-order valence-electron chi connectivity index (χ1n) is 9.10. The highest BCUT2D eigenvalue weighted by molar-refractivity contribution is 5.91.